The molecule has 0 bridgehead atoms. The molecule has 7 rings (SSSR count). The molecule has 0 amide bonds. The van der Waals surface area contributed by atoms with Crippen LogP contribution in [0.2, 0.25) is 0 Å². The van der Waals surface area contributed by atoms with Crippen molar-refractivity contribution in [2.75, 3.05) is 49.2 Å². The lowest BCUT2D eigenvalue weighted by molar-refractivity contribution is 0.184. The monoisotopic (exact) mass is 554 g/mol. The first-order valence-corrected chi connectivity index (χ1v) is 13.8. The highest BCUT2D eigenvalue weighted by molar-refractivity contribution is 5.91. The third kappa shape index (κ3) is 4.78. The lowest BCUT2D eigenvalue weighted by atomic mass is 9.87. The number of hydrogen-bond donors (Lipinski definition) is 2. The van der Waals surface area contributed by atoms with Crippen LogP contribution in [0.4, 0.5) is 16.2 Å². The summed E-state index contributed by atoms with van der Waals surface area (Å²) in [6.07, 6.45) is 10.1. The van der Waals surface area contributed by atoms with Crippen LogP contribution in [0.3, 0.4) is 0 Å². The Kier molecular flexibility index (Phi) is 6.36. The largest absolute Gasteiger partial charge is 0.379 e. The molecular weight excluding hydrogens is 523 g/mol. The van der Waals surface area contributed by atoms with E-state index in [0.717, 1.165) is 78.4 Å². The number of ether oxygens (including phenoxy) is 1. The molecule has 0 saturated carbocycles. The van der Waals surface area contributed by atoms with Crippen LogP contribution < -0.4 is 15.5 Å². The fourth-order valence-corrected chi connectivity index (χ4v) is 5.58. The maximum absolute atomic E-state index is 13.4. The summed E-state index contributed by atoms with van der Waals surface area (Å²) in [4.78, 5) is 26.3. The van der Waals surface area contributed by atoms with Gasteiger partial charge in [0.15, 0.2) is 0 Å². The first-order chi connectivity index (χ1) is 20.0. The number of hydrogen-bond acceptors (Lipinski definition) is 9. The van der Waals surface area contributed by atoms with Gasteiger partial charge in [0.05, 0.1) is 35.5 Å². The summed E-state index contributed by atoms with van der Waals surface area (Å²) in [5.74, 6) is 1.27. The van der Waals surface area contributed by atoms with Crippen LogP contribution in [0.1, 0.15) is 30.5 Å². The Morgan fingerprint density at radius 3 is 2.46 bits per heavy atom. The van der Waals surface area contributed by atoms with Gasteiger partial charge in [-0.25, -0.2) is 24.3 Å². The second kappa shape index (κ2) is 10.2. The molecule has 1 unspecified atom stereocenters. The van der Waals surface area contributed by atoms with Gasteiger partial charge in [-0.2, -0.15) is 5.10 Å². The molecule has 6 heterocycles. The molecule has 12 heteroatoms. The van der Waals surface area contributed by atoms with Crippen molar-refractivity contribution in [1.29, 1.82) is 0 Å². The fourth-order valence-electron chi connectivity index (χ4n) is 5.58. The Bertz CT molecular complexity index is 1650. The zero-order valence-corrected chi connectivity index (χ0v) is 22.7. The Morgan fingerprint density at radius 1 is 0.976 bits per heavy atom. The average Bonchev–Trinajstić information content (AvgIpc) is 3.78. The molecule has 41 heavy (non-hydrogen) atoms. The Hall–Kier alpha value is -4.42. The number of aromatic nitrogens is 7. The molecule has 1 aromatic carbocycles. The van der Waals surface area contributed by atoms with Crippen LogP contribution in [0.15, 0.2) is 61.4 Å². The van der Waals surface area contributed by atoms with E-state index >= 15 is 0 Å². The number of rotatable bonds is 6. The third-order valence-electron chi connectivity index (χ3n) is 8.14. The van der Waals surface area contributed by atoms with E-state index in [4.69, 9.17) is 10.5 Å². The maximum Gasteiger partial charge on any atom is 0.225 e. The molecule has 5 aromatic rings. The van der Waals surface area contributed by atoms with Crippen molar-refractivity contribution in [2.24, 2.45) is 5.73 Å². The van der Waals surface area contributed by atoms with Gasteiger partial charge in [0.2, 0.25) is 5.95 Å². The van der Waals surface area contributed by atoms with Crippen LogP contribution in [0, 0.1) is 5.82 Å². The summed E-state index contributed by atoms with van der Waals surface area (Å²) in [6.45, 7) is 6.38. The fraction of sp³-hybridized carbons (Fsp3) is 0.345. The smallest absolute Gasteiger partial charge is 0.225 e. The van der Waals surface area contributed by atoms with Crippen LogP contribution in [-0.2, 0) is 10.3 Å². The van der Waals surface area contributed by atoms with Gasteiger partial charge in [0.1, 0.15) is 23.6 Å². The lowest BCUT2D eigenvalue weighted by Crippen LogP contribution is -2.47. The second-order valence-electron chi connectivity index (χ2n) is 10.8. The van der Waals surface area contributed by atoms with E-state index < -0.39 is 5.54 Å². The van der Waals surface area contributed by atoms with Gasteiger partial charge in [-0.05, 0) is 37.1 Å². The molecule has 3 N–H and O–H groups in total. The number of nitrogens with two attached hydrogens (primary N) is 1. The number of fused-ring (bicyclic) bond motifs is 1. The van der Waals surface area contributed by atoms with Crippen molar-refractivity contribution in [3.8, 4) is 11.3 Å². The van der Waals surface area contributed by atoms with Crippen LogP contribution in [-0.4, -0.2) is 74.1 Å². The molecular formula is C29H31FN10O. The molecule has 2 aliphatic rings. The molecule has 0 aliphatic carbocycles. The SMILES string of the molecule is C[C@](N)(c1ccc(F)cc1)c1cnc(N2CCN(c3ncnc4[nH]c(-c5cnn(C6CCOC6)c5)cc34)CC2)nc1. The maximum atomic E-state index is 13.4. The lowest BCUT2D eigenvalue weighted by Gasteiger charge is -2.35. The van der Waals surface area contributed by atoms with E-state index in [0.29, 0.717) is 12.6 Å². The number of anilines is 2. The van der Waals surface area contributed by atoms with Gasteiger partial charge >= 0.3 is 0 Å². The predicted octanol–water partition coefficient (Wildman–Crippen LogP) is 3.26. The van der Waals surface area contributed by atoms with Gasteiger partial charge in [0.25, 0.3) is 0 Å². The molecule has 2 aliphatic heterocycles. The first-order valence-electron chi connectivity index (χ1n) is 13.8. The second-order valence-corrected chi connectivity index (χ2v) is 10.8. The molecule has 2 fully saturated rings. The minimum Gasteiger partial charge on any atom is -0.379 e. The van der Waals surface area contributed by atoms with Crippen molar-refractivity contribution in [1.82, 2.24) is 34.7 Å². The first kappa shape index (κ1) is 25.5. The molecule has 11 nitrogen and oxygen atoms in total. The zero-order valence-electron chi connectivity index (χ0n) is 22.7. The number of H-pyrrole nitrogens is 1. The minimum atomic E-state index is -0.831. The molecule has 0 radical (unpaired) electrons. The van der Waals surface area contributed by atoms with E-state index in [2.05, 4.69) is 52.1 Å². The quantitative estimate of drug-likeness (QED) is 0.325. The summed E-state index contributed by atoms with van der Waals surface area (Å²) in [5.41, 5.74) is 10.1. The average molecular weight is 555 g/mol. The van der Waals surface area contributed by atoms with Gasteiger partial charge < -0.3 is 25.3 Å². The zero-order chi connectivity index (χ0) is 28.0. The molecule has 210 valence electrons. The Balaban J connectivity index is 1.05. The van der Waals surface area contributed by atoms with E-state index in [1.165, 1.54) is 12.1 Å². The van der Waals surface area contributed by atoms with Crippen molar-refractivity contribution >= 4 is 22.8 Å². The standard InChI is InChI=1S/C29H31FN10O/c1-29(31,20-2-4-22(30)5-3-20)21-14-32-28(33-15-21)39-9-7-38(8-10-39)27-24-12-25(37-26(24)34-18-35-27)19-13-36-40(16-19)23-6-11-41-17-23/h2-5,12-16,18,23H,6-11,17,31H2,1H3,(H,34,35,37)/t23?,29-/m0/s1. The van der Waals surface area contributed by atoms with Crippen LogP contribution in [0.25, 0.3) is 22.3 Å². The summed E-state index contributed by atoms with van der Waals surface area (Å²) < 4.78 is 20.9. The molecule has 4 aromatic heterocycles. The predicted molar refractivity (Wildman–Crippen MR) is 153 cm³/mol. The van der Waals surface area contributed by atoms with E-state index in [9.17, 15) is 4.39 Å². The Morgan fingerprint density at radius 2 is 1.73 bits per heavy atom. The van der Waals surface area contributed by atoms with Gasteiger partial charge in [-0.3, -0.25) is 4.68 Å². The number of nitrogens with one attached hydrogen (secondary N) is 1. The third-order valence-corrected chi connectivity index (χ3v) is 8.14. The van der Waals surface area contributed by atoms with Crippen LogP contribution in [0.5, 0.6) is 0 Å². The van der Waals surface area contributed by atoms with Crippen LogP contribution >= 0.6 is 0 Å². The molecule has 0 spiro atoms. The van der Waals surface area contributed by atoms with E-state index in [-0.39, 0.29) is 11.9 Å². The summed E-state index contributed by atoms with van der Waals surface area (Å²) in [7, 11) is 0. The minimum absolute atomic E-state index is 0.287. The number of piperazine rings is 1. The van der Waals surface area contributed by atoms with Crippen molar-refractivity contribution in [2.45, 2.75) is 24.9 Å². The topological polar surface area (TPSA) is 127 Å². The highest BCUT2D eigenvalue weighted by Crippen LogP contribution is 2.31. The highest BCUT2D eigenvalue weighted by atomic mass is 19.1. The van der Waals surface area contributed by atoms with E-state index in [1.807, 2.05) is 17.8 Å². The summed E-state index contributed by atoms with van der Waals surface area (Å²) in [5, 5.41) is 5.55. The Labute approximate surface area is 236 Å². The number of aromatic amines is 1. The number of benzene rings is 1. The summed E-state index contributed by atoms with van der Waals surface area (Å²) in [6, 6.07) is 8.61. The number of nitrogens with zero attached hydrogens (tertiary/aromatic N) is 8. The van der Waals surface area contributed by atoms with Crippen molar-refractivity contribution in [3.05, 3.63) is 78.4 Å². The van der Waals surface area contributed by atoms with Gasteiger partial charge in [0, 0.05) is 62.5 Å². The molecule has 2 atom stereocenters. The number of halogens is 1. The van der Waals surface area contributed by atoms with Gasteiger partial charge in [-0.1, -0.05) is 12.1 Å². The van der Waals surface area contributed by atoms with E-state index in [1.54, 1.807) is 30.9 Å². The van der Waals surface area contributed by atoms with Gasteiger partial charge in [-0.15, -0.1) is 0 Å². The highest BCUT2D eigenvalue weighted by Gasteiger charge is 2.27. The van der Waals surface area contributed by atoms with Crippen molar-refractivity contribution in [3.63, 3.8) is 0 Å². The molecule has 2 saturated heterocycles. The summed E-state index contributed by atoms with van der Waals surface area (Å²) >= 11 is 0. The normalized spacial score (nSPS) is 19.1. The van der Waals surface area contributed by atoms with Crippen molar-refractivity contribution < 1.29 is 9.13 Å².